The highest BCUT2D eigenvalue weighted by molar-refractivity contribution is 7.85. The van der Waals surface area contributed by atoms with Crippen LogP contribution in [-0.2, 0) is 22.0 Å². The molecule has 0 aliphatic heterocycles. The summed E-state index contributed by atoms with van der Waals surface area (Å²) in [5.41, 5.74) is 0.747. The minimum Gasteiger partial charge on any atom is -0.481 e. The second-order valence-electron chi connectivity index (χ2n) is 5.14. The lowest BCUT2D eigenvalue weighted by Crippen LogP contribution is -2.11. The Hall–Kier alpha value is -1.16. The fourth-order valence-corrected chi connectivity index (χ4v) is 3.60. The lowest BCUT2D eigenvalue weighted by Gasteiger charge is -2.14. The molecule has 1 aromatic rings. The van der Waals surface area contributed by atoms with Crippen LogP contribution in [0.5, 0.6) is 0 Å². The monoisotopic (exact) mass is 296 g/mol. The SMILES string of the molecule is CCCCC(CC)CS(=O)c1ccc(CC(=O)O)cc1. The van der Waals surface area contributed by atoms with Crippen LogP contribution in [0.2, 0.25) is 0 Å². The van der Waals surface area contributed by atoms with Crippen molar-refractivity contribution in [3.05, 3.63) is 29.8 Å². The van der Waals surface area contributed by atoms with Crippen molar-refractivity contribution in [2.45, 2.75) is 50.8 Å². The molecule has 0 saturated heterocycles. The third kappa shape index (κ3) is 5.87. The smallest absolute Gasteiger partial charge is 0.307 e. The lowest BCUT2D eigenvalue weighted by atomic mass is 10.0. The summed E-state index contributed by atoms with van der Waals surface area (Å²) in [6, 6.07) is 7.10. The van der Waals surface area contributed by atoms with Gasteiger partial charge in [-0.25, -0.2) is 0 Å². The molecular weight excluding hydrogens is 272 g/mol. The summed E-state index contributed by atoms with van der Waals surface area (Å²) in [6.07, 6.45) is 4.57. The summed E-state index contributed by atoms with van der Waals surface area (Å²) in [6.45, 7) is 4.32. The van der Waals surface area contributed by atoms with Gasteiger partial charge >= 0.3 is 5.97 Å². The molecule has 2 atom stereocenters. The average Bonchev–Trinajstić information content (AvgIpc) is 2.43. The first-order valence-electron chi connectivity index (χ1n) is 7.25. The molecule has 1 aromatic carbocycles. The number of carboxylic acids is 1. The Morgan fingerprint density at radius 1 is 1.25 bits per heavy atom. The highest BCUT2D eigenvalue weighted by Crippen LogP contribution is 2.18. The number of hydrogen-bond donors (Lipinski definition) is 1. The van der Waals surface area contributed by atoms with E-state index in [0.717, 1.165) is 23.3 Å². The highest BCUT2D eigenvalue weighted by Gasteiger charge is 2.12. The fourth-order valence-electron chi connectivity index (χ4n) is 2.14. The third-order valence-electron chi connectivity index (χ3n) is 3.47. The number of rotatable bonds is 9. The van der Waals surface area contributed by atoms with Gasteiger partial charge in [0.05, 0.1) is 17.2 Å². The first-order chi connectivity index (χ1) is 9.56. The van der Waals surface area contributed by atoms with Crippen LogP contribution in [0.4, 0.5) is 0 Å². The summed E-state index contributed by atoms with van der Waals surface area (Å²) < 4.78 is 12.3. The zero-order valence-electron chi connectivity index (χ0n) is 12.3. The molecular formula is C16H24O3S. The van der Waals surface area contributed by atoms with Gasteiger partial charge in [-0.05, 0) is 30.0 Å². The zero-order chi connectivity index (χ0) is 15.0. The van der Waals surface area contributed by atoms with E-state index in [1.54, 1.807) is 24.3 Å². The molecule has 0 radical (unpaired) electrons. The third-order valence-corrected chi connectivity index (χ3v) is 5.04. The Morgan fingerprint density at radius 3 is 2.40 bits per heavy atom. The van der Waals surface area contributed by atoms with E-state index in [4.69, 9.17) is 5.11 Å². The predicted octanol–water partition coefficient (Wildman–Crippen LogP) is 3.64. The van der Waals surface area contributed by atoms with E-state index in [9.17, 15) is 9.00 Å². The summed E-state index contributed by atoms with van der Waals surface area (Å²) in [7, 11) is -0.985. The van der Waals surface area contributed by atoms with Gasteiger partial charge in [0.25, 0.3) is 0 Å². The maximum Gasteiger partial charge on any atom is 0.307 e. The molecule has 0 aromatic heterocycles. The summed E-state index contributed by atoms with van der Waals surface area (Å²) in [5, 5.41) is 8.72. The number of benzene rings is 1. The number of unbranched alkanes of at least 4 members (excludes halogenated alkanes) is 1. The van der Waals surface area contributed by atoms with Crippen molar-refractivity contribution >= 4 is 16.8 Å². The minimum absolute atomic E-state index is 0.0149. The predicted molar refractivity (Wildman–Crippen MR) is 82.4 cm³/mol. The van der Waals surface area contributed by atoms with Gasteiger partial charge in [-0.1, -0.05) is 45.2 Å². The molecule has 20 heavy (non-hydrogen) atoms. The van der Waals surface area contributed by atoms with Crippen molar-refractivity contribution in [3.8, 4) is 0 Å². The van der Waals surface area contributed by atoms with E-state index in [-0.39, 0.29) is 6.42 Å². The van der Waals surface area contributed by atoms with Crippen LogP contribution < -0.4 is 0 Å². The van der Waals surface area contributed by atoms with Crippen molar-refractivity contribution in [2.75, 3.05) is 5.75 Å². The zero-order valence-corrected chi connectivity index (χ0v) is 13.1. The Kier molecular flexibility index (Phi) is 7.52. The van der Waals surface area contributed by atoms with E-state index < -0.39 is 16.8 Å². The Labute approximate surface area is 123 Å². The van der Waals surface area contributed by atoms with Crippen molar-refractivity contribution in [1.82, 2.24) is 0 Å². The van der Waals surface area contributed by atoms with Gasteiger partial charge in [0, 0.05) is 10.6 Å². The normalized spacial score (nSPS) is 13.9. The Morgan fingerprint density at radius 2 is 1.90 bits per heavy atom. The molecule has 0 bridgehead atoms. The quantitative estimate of drug-likeness (QED) is 0.757. The molecule has 0 aliphatic rings. The summed E-state index contributed by atoms with van der Waals surface area (Å²) in [5.74, 6) is 0.369. The van der Waals surface area contributed by atoms with Crippen LogP contribution in [0.15, 0.2) is 29.2 Å². The molecule has 3 nitrogen and oxygen atoms in total. The first-order valence-corrected chi connectivity index (χ1v) is 8.57. The number of carbonyl (C=O) groups is 1. The first kappa shape index (κ1) is 16.9. The van der Waals surface area contributed by atoms with Crippen molar-refractivity contribution in [2.24, 2.45) is 5.92 Å². The molecule has 0 saturated carbocycles. The van der Waals surface area contributed by atoms with Crippen molar-refractivity contribution in [1.29, 1.82) is 0 Å². The summed E-state index contributed by atoms with van der Waals surface area (Å²) >= 11 is 0. The summed E-state index contributed by atoms with van der Waals surface area (Å²) in [4.78, 5) is 11.4. The van der Waals surface area contributed by atoms with Crippen LogP contribution >= 0.6 is 0 Å². The molecule has 1 N–H and O–H groups in total. The Bertz CT molecular complexity index is 440. The maximum absolute atomic E-state index is 12.3. The van der Waals surface area contributed by atoms with Crippen LogP contribution in [0.25, 0.3) is 0 Å². The molecule has 2 unspecified atom stereocenters. The van der Waals surface area contributed by atoms with Gasteiger partial charge in [0.1, 0.15) is 0 Å². The number of carboxylic acid groups (broad SMARTS) is 1. The van der Waals surface area contributed by atoms with E-state index in [1.165, 1.54) is 12.8 Å². The van der Waals surface area contributed by atoms with Gasteiger partial charge in [0.15, 0.2) is 0 Å². The molecule has 4 heteroatoms. The van der Waals surface area contributed by atoms with E-state index in [1.807, 2.05) is 0 Å². The standard InChI is InChI=1S/C16H24O3S/c1-3-5-6-13(4-2)12-20(19)15-9-7-14(8-10-15)11-16(17)18/h7-10,13H,3-6,11-12H2,1-2H3,(H,17,18). The second kappa shape index (κ2) is 8.90. The lowest BCUT2D eigenvalue weighted by molar-refractivity contribution is -0.136. The Balaban J connectivity index is 2.60. The molecule has 1 rings (SSSR count). The van der Waals surface area contributed by atoms with Gasteiger partial charge in [-0.15, -0.1) is 0 Å². The molecule has 0 aliphatic carbocycles. The van der Waals surface area contributed by atoms with Gasteiger partial charge in [-0.3, -0.25) is 9.00 Å². The number of hydrogen-bond acceptors (Lipinski definition) is 2. The van der Waals surface area contributed by atoms with Gasteiger partial charge < -0.3 is 5.11 Å². The molecule has 112 valence electrons. The van der Waals surface area contributed by atoms with Crippen LogP contribution in [0.1, 0.15) is 45.1 Å². The van der Waals surface area contributed by atoms with Crippen LogP contribution in [0.3, 0.4) is 0 Å². The maximum atomic E-state index is 12.3. The number of aliphatic carboxylic acids is 1. The molecule has 0 amide bonds. The molecule has 0 fully saturated rings. The average molecular weight is 296 g/mol. The highest BCUT2D eigenvalue weighted by atomic mass is 32.2. The second-order valence-corrected chi connectivity index (χ2v) is 6.64. The molecule has 0 heterocycles. The van der Waals surface area contributed by atoms with E-state index in [0.29, 0.717) is 11.7 Å². The fraction of sp³-hybridized carbons (Fsp3) is 0.562. The van der Waals surface area contributed by atoms with E-state index in [2.05, 4.69) is 13.8 Å². The molecule has 0 spiro atoms. The van der Waals surface area contributed by atoms with Crippen molar-refractivity contribution < 1.29 is 14.1 Å². The van der Waals surface area contributed by atoms with Gasteiger partial charge in [0.2, 0.25) is 0 Å². The van der Waals surface area contributed by atoms with Gasteiger partial charge in [-0.2, -0.15) is 0 Å². The van der Waals surface area contributed by atoms with E-state index >= 15 is 0 Å². The van der Waals surface area contributed by atoms with Crippen LogP contribution in [0, 0.1) is 5.92 Å². The van der Waals surface area contributed by atoms with Crippen molar-refractivity contribution in [3.63, 3.8) is 0 Å². The minimum atomic E-state index is -0.985. The largest absolute Gasteiger partial charge is 0.481 e. The van der Waals surface area contributed by atoms with Crippen LogP contribution in [-0.4, -0.2) is 21.0 Å². The topological polar surface area (TPSA) is 54.4 Å².